The highest BCUT2D eigenvalue weighted by Crippen LogP contribution is 2.27. The van der Waals surface area contributed by atoms with Gasteiger partial charge in [0.25, 0.3) is 5.91 Å². The number of nitrogens with zero attached hydrogens (tertiary/aromatic N) is 4. The minimum atomic E-state index is -1.19. The van der Waals surface area contributed by atoms with Crippen LogP contribution in [0.1, 0.15) is 69.6 Å². The van der Waals surface area contributed by atoms with E-state index in [9.17, 15) is 14.4 Å². The first-order valence-electron chi connectivity index (χ1n) is 11.4. The van der Waals surface area contributed by atoms with Crippen LogP contribution < -0.4 is 15.7 Å². The van der Waals surface area contributed by atoms with Crippen molar-refractivity contribution in [3.05, 3.63) is 39.8 Å². The summed E-state index contributed by atoms with van der Waals surface area (Å²) in [6.07, 6.45) is 1.58. The molecule has 0 aliphatic carbocycles. The van der Waals surface area contributed by atoms with E-state index in [0.717, 1.165) is 45.9 Å². The first-order valence-corrected chi connectivity index (χ1v) is 11.4. The molecule has 11 heteroatoms. The molecule has 0 aliphatic heterocycles. The molecule has 10 nitrogen and oxygen atoms in total. The average Bonchev–Trinajstić information content (AvgIpc) is 3.06. The molecule has 0 saturated carbocycles. The largest absolute Gasteiger partial charge is 0.490 e. The number of benzene rings is 1. The highest BCUT2D eigenvalue weighted by Gasteiger charge is 2.24. The van der Waals surface area contributed by atoms with E-state index < -0.39 is 23.5 Å². The molecule has 0 aliphatic rings. The molecule has 0 fully saturated rings. The Balaban J connectivity index is 2.57. The number of ether oxygens (including phenoxy) is 1. The monoisotopic (exact) mass is 479 g/mol. The van der Waals surface area contributed by atoms with Crippen molar-refractivity contribution in [3.63, 3.8) is 0 Å². The molecule has 2 amide bonds. The Morgan fingerprint density at radius 2 is 1.91 bits per heavy atom. The SMILES string of the molecule is CCC[C@H](C)Oc1cc(-n2nc(CN(C)C(=O)O)n(C)c2=O)c(F)cc1C(=O)NC(CC)CC. The van der Waals surface area contributed by atoms with Crippen LogP contribution in [0.15, 0.2) is 16.9 Å². The number of carbonyl (C=O) groups is 2. The van der Waals surface area contributed by atoms with E-state index in [1.807, 2.05) is 27.7 Å². The van der Waals surface area contributed by atoms with Gasteiger partial charge in [0.05, 0.1) is 18.2 Å². The molecule has 0 bridgehead atoms. The van der Waals surface area contributed by atoms with Crippen molar-refractivity contribution in [2.24, 2.45) is 7.05 Å². The van der Waals surface area contributed by atoms with Crippen LogP contribution in [-0.2, 0) is 13.6 Å². The van der Waals surface area contributed by atoms with Gasteiger partial charge >= 0.3 is 11.8 Å². The van der Waals surface area contributed by atoms with Crippen molar-refractivity contribution < 1.29 is 23.8 Å². The van der Waals surface area contributed by atoms with Gasteiger partial charge in [-0.3, -0.25) is 9.36 Å². The van der Waals surface area contributed by atoms with Gasteiger partial charge in [0.1, 0.15) is 17.3 Å². The molecular formula is C23H34FN5O5. The van der Waals surface area contributed by atoms with Gasteiger partial charge in [0, 0.05) is 26.2 Å². The maximum Gasteiger partial charge on any atom is 0.407 e. The van der Waals surface area contributed by atoms with Crippen molar-refractivity contribution in [2.75, 3.05) is 7.05 Å². The highest BCUT2D eigenvalue weighted by atomic mass is 19.1. The molecule has 0 spiro atoms. The van der Waals surface area contributed by atoms with Crippen LogP contribution in [0.2, 0.25) is 0 Å². The number of amides is 2. The second kappa shape index (κ2) is 11.7. The summed E-state index contributed by atoms with van der Waals surface area (Å²) >= 11 is 0. The number of hydrogen-bond donors (Lipinski definition) is 2. The zero-order chi connectivity index (χ0) is 25.6. The topological polar surface area (TPSA) is 119 Å². The highest BCUT2D eigenvalue weighted by molar-refractivity contribution is 5.97. The smallest absolute Gasteiger partial charge is 0.407 e. The van der Waals surface area contributed by atoms with E-state index >= 15 is 4.39 Å². The summed E-state index contributed by atoms with van der Waals surface area (Å²) in [7, 11) is 2.76. The summed E-state index contributed by atoms with van der Waals surface area (Å²) in [6.45, 7) is 7.58. The third kappa shape index (κ3) is 6.15. The number of aromatic nitrogens is 3. The number of nitrogens with one attached hydrogen (secondary N) is 1. The summed E-state index contributed by atoms with van der Waals surface area (Å²) in [5, 5.41) is 16.1. The van der Waals surface area contributed by atoms with Gasteiger partial charge in [-0.05, 0) is 32.3 Å². The van der Waals surface area contributed by atoms with Crippen molar-refractivity contribution in [1.29, 1.82) is 0 Å². The lowest BCUT2D eigenvalue weighted by Crippen LogP contribution is -2.34. The Morgan fingerprint density at radius 3 is 2.47 bits per heavy atom. The van der Waals surface area contributed by atoms with E-state index in [-0.39, 0.29) is 41.5 Å². The average molecular weight is 480 g/mol. The number of halogens is 1. The van der Waals surface area contributed by atoms with E-state index in [4.69, 9.17) is 9.84 Å². The van der Waals surface area contributed by atoms with E-state index in [1.54, 1.807) is 0 Å². The number of carboxylic acid groups (broad SMARTS) is 1. The van der Waals surface area contributed by atoms with Crippen molar-refractivity contribution in [3.8, 4) is 11.4 Å². The number of hydrogen-bond acceptors (Lipinski definition) is 5. The van der Waals surface area contributed by atoms with Gasteiger partial charge in [-0.2, -0.15) is 4.68 Å². The number of rotatable bonds is 11. The van der Waals surface area contributed by atoms with Crippen molar-refractivity contribution in [1.82, 2.24) is 24.6 Å². The predicted molar refractivity (Wildman–Crippen MR) is 125 cm³/mol. The molecule has 34 heavy (non-hydrogen) atoms. The minimum absolute atomic E-state index is 0.0333. The van der Waals surface area contributed by atoms with Gasteiger partial charge in [-0.1, -0.05) is 27.2 Å². The van der Waals surface area contributed by atoms with Gasteiger partial charge in [-0.25, -0.2) is 14.0 Å². The molecule has 188 valence electrons. The molecule has 0 saturated heterocycles. The van der Waals surface area contributed by atoms with Crippen LogP contribution in [0.3, 0.4) is 0 Å². The summed E-state index contributed by atoms with van der Waals surface area (Å²) < 4.78 is 23.2. The molecule has 1 aromatic carbocycles. The van der Waals surface area contributed by atoms with Crippen LogP contribution in [-0.4, -0.2) is 55.5 Å². The quantitative estimate of drug-likeness (QED) is 0.510. The Labute approximate surface area is 198 Å². The Hall–Kier alpha value is -3.37. The van der Waals surface area contributed by atoms with E-state index in [1.165, 1.54) is 20.2 Å². The molecule has 2 N–H and O–H groups in total. The molecular weight excluding hydrogens is 445 g/mol. The maximum absolute atomic E-state index is 15.2. The molecule has 0 radical (unpaired) electrons. The molecule has 1 heterocycles. The minimum Gasteiger partial charge on any atom is -0.490 e. The summed E-state index contributed by atoms with van der Waals surface area (Å²) in [6, 6.07) is 2.27. The summed E-state index contributed by atoms with van der Waals surface area (Å²) in [4.78, 5) is 37.8. The lowest BCUT2D eigenvalue weighted by atomic mass is 10.1. The standard InChI is InChI=1S/C23H34FN5O5/c1-7-10-14(4)34-19-12-18(17(24)11-16(19)21(30)25-15(8-2)9-3)29-22(31)28(6)20(26-29)13-27(5)23(32)33/h11-12,14-15H,7-10,13H2,1-6H3,(H,25,30)(H,32,33)/t14-/m0/s1. The van der Waals surface area contributed by atoms with Crippen LogP contribution >= 0.6 is 0 Å². The van der Waals surface area contributed by atoms with Gasteiger partial charge in [0.15, 0.2) is 5.82 Å². The predicted octanol–water partition coefficient (Wildman–Crippen LogP) is 3.31. The Kier molecular flexibility index (Phi) is 9.22. The van der Waals surface area contributed by atoms with Crippen molar-refractivity contribution in [2.45, 2.75) is 72.1 Å². The van der Waals surface area contributed by atoms with Crippen molar-refractivity contribution >= 4 is 12.0 Å². The van der Waals surface area contributed by atoms with Crippen LogP contribution in [0, 0.1) is 5.82 Å². The van der Waals surface area contributed by atoms with Gasteiger partial charge in [0.2, 0.25) is 0 Å². The third-order valence-electron chi connectivity index (χ3n) is 5.64. The number of carbonyl (C=O) groups excluding carboxylic acids is 1. The molecule has 0 unspecified atom stereocenters. The zero-order valence-electron chi connectivity index (χ0n) is 20.6. The first-order chi connectivity index (χ1) is 16.0. The second-order valence-corrected chi connectivity index (χ2v) is 8.31. The second-order valence-electron chi connectivity index (χ2n) is 8.31. The fourth-order valence-electron chi connectivity index (χ4n) is 3.47. The normalized spacial score (nSPS) is 12.0. The lowest BCUT2D eigenvalue weighted by Gasteiger charge is -2.20. The zero-order valence-corrected chi connectivity index (χ0v) is 20.6. The Morgan fingerprint density at radius 1 is 1.26 bits per heavy atom. The molecule has 2 aromatic rings. The molecule has 1 atom stereocenters. The van der Waals surface area contributed by atoms with Crippen LogP contribution in [0.25, 0.3) is 5.69 Å². The van der Waals surface area contributed by atoms with Crippen LogP contribution in [0.4, 0.5) is 9.18 Å². The fourth-order valence-corrected chi connectivity index (χ4v) is 3.47. The lowest BCUT2D eigenvalue weighted by molar-refractivity contribution is 0.0927. The summed E-state index contributed by atoms with van der Waals surface area (Å²) in [5.74, 6) is -1.02. The molecule has 2 rings (SSSR count). The van der Waals surface area contributed by atoms with Crippen LogP contribution in [0.5, 0.6) is 5.75 Å². The fraction of sp³-hybridized carbons (Fsp3) is 0.565. The first kappa shape index (κ1) is 26.9. The van der Waals surface area contributed by atoms with E-state index in [2.05, 4.69) is 10.4 Å². The third-order valence-corrected chi connectivity index (χ3v) is 5.64. The van der Waals surface area contributed by atoms with E-state index in [0.29, 0.717) is 0 Å². The summed E-state index contributed by atoms with van der Waals surface area (Å²) in [5.41, 5.74) is -0.817. The van der Waals surface area contributed by atoms with Gasteiger partial charge in [-0.15, -0.1) is 5.10 Å². The molecule has 1 aromatic heterocycles. The Bertz CT molecular complexity index is 1080. The maximum atomic E-state index is 15.2. The van der Waals surface area contributed by atoms with Gasteiger partial charge < -0.3 is 20.1 Å².